The second-order valence-electron chi connectivity index (χ2n) is 4.37. The fraction of sp³-hybridized carbons (Fsp3) is 0.133. The Kier molecular flexibility index (Phi) is 2.92. The lowest BCUT2D eigenvalue weighted by Gasteiger charge is -2.30. The quantitative estimate of drug-likeness (QED) is 0.802. The Labute approximate surface area is 114 Å². The van der Waals surface area contributed by atoms with Gasteiger partial charge in [-0.15, -0.1) is 0 Å². The summed E-state index contributed by atoms with van der Waals surface area (Å²) in [5.41, 5.74) is 3.22. The molecule has 1 aliphatic heterocycles. The van der Waals surface area contributed by atoms with Crippen molar-refractivity contribution in [1.29, 1.82) is 0 Å². The summed E-state index contributed by atoms with van der Waals surface area (Å²) in [5, 5.41) is 2.92. The van der Waals surface area contributed by atoms with Crippen LogP contribution in [0.1, 0.15) is 17.0 Å². The van der Waals surface area contributed by atoms with Crippen molar-refractivity contribution < 1.29 is 4.79 Å². The molecule has 18 heavy (non-hydrogen) atoms. The molecule has 0 saturated heterocycles. The van der Waals surface area contributed by atoms with Crippen molar-refractivity contribution >= 4 is 27.5 Å². The molecule has 1 aliphatic rings. The number of para-hydroxylation sites is 1. The van der Waals surface area contributed by atoms with E-state index in [4.69, 9.17) is 0 Å². The van der Waals surface area contributed by atoms with Crippen LogP contribution in [0.25, 0.3) is 0 Å². The minimum atomic E-state index is -0.227. The number of hydrogen-bond acceptors (Lipinski definition) is 1. The number of carbonyl (C=O) groups excluding carboxylic acids is 1. The van der Waals surface area contributed by atoms with E-state index in [-0.39, 0.29) is 16.7 Å². The molecule has 2 aromatic carbocycles. The molecule has 3 rings (SSSR count). The number of benzene rings is 2. The van der Waals surface area contributed by atoms with E-state index in [2.05, 4.69) is 39.4 Å². The van der Waals surface area contributed by atoms with Crippen molar-refractivity contribution in [2.24, 2.45) is 0 Å². The van der Waals surface area contributed by atoms with Crippen molar-refractivity contribution in [3.8, 4) is 0 Å². The van der Waals surface area contributed by atoms with Gasteiger partial charge in [0.25, 0.3) is 0 Å². The normalized spacial score (nSPS) is 22.2. The predicted molar refractivity (Wildman–Crippen MR) is 76.1 cm³/mol. The van der Waals surface area contributed by atoms with Gasteiger partial charge in [-0.25, -0.2) is 0 Å². The monoisotopic (exact) mass is 301 g/mol. The molecule has 0 aliphatic carbocycles. The van der Waals surface area contributed by atoms with Gasteiger partial charge in [-0.1, -0.05) is 64.5 Å². The second kappa shape index (κ2) is 4.58. The van der Waals surface area contributed by atoms with Gasteiger partial charge in [0.2, 0.25) is 5.91 Å². The molecule has 2 unspecified atom stereocenters. The molecule has 2 nitrogen and oxygen atoms in total. The van der Waals surface area contributed by atoms with Crippen LogP contribution >= 0.6 is 15.9 Å². The number of anilines is 1. The zero-order valence-corrected chi connectivity index (χ0v) is 11.2. The van der Waals surface area contributed by atoms with E-state index in [9.17, 15) is 4.79 Å². The van der Waals surface area contributed by atoms with Gasteiger partial charge in [-0.05, 0) is 17.2 Å². The molecule has 1 N–H and O–H groups in total. The third-order valence-corrected chi connectivity index (χ3v) is 4.20. The molecule has 0 radical (unpaired) electrons. The number of hydrogen-bond donors (Lipinski definition) is 1. The fourth-order valence-corrected chi connectivity index (χ4v) is 3.11. The van der Waals surface area contributed by atoms with E-state index in [0.717, 1.165) is 16.8 Å². The van der Waals surface area contributed by atoms with Gasteiger partial charge in [0, 0.05) is 11.6 Å². The van der Waals surface area contributed by atoms with Crippen LogP contribution in [0.3, 0.4) is 0 Å². The fourth-order valence-electron chi connectivity index (χ4n) is 2.40. The summed E-state index contributed by atoms with van der Waals surface area (Å²) in [4.78, 5) is 11.8. The van der Waals surface area contributed by atoms with Crippen LogP contribution in [0.15, 0.2) is 54.6 Å². The first-order valence-corrected chi connectivity index (χ1v) is 6.78. The first-order chi connectivity index (χ1) is 8.77. The van der Waals surface area contributed by atoms with Crippen molar-refractivity contribution in [2.75, 3.05) is 5.32 Å². The zero-order valence-electron chi connectivity index (χ0n) is 9.64. The smallest absolute Gasteiger partial charge is 0.239 e. The standard InChI is InChI=1S/C15H12BrNO/c16-14-13(10-6-2-1-3-7-10)11-8-4-5-9-12(11)17-15(14)18/h1-9,13-14H,(H,17,18). The van der Waals surface area contributed by atoms with Gasteiger partial charge < -0.3 is 5.32 Å². The first-order valence-electron chi connectivity index (χ1n) is 5.86. The van der Waals surface area contributed by atoms with Crippen LogP contribution in [-0.4, -0.2) is 10.7 Å². The van der Waals surface area contributed by atoms with Crippen LogP contribution < -0.4 is 5.32 Å². The van der Waals surface area contributed by atoms with Crippen LogP contribution in [-0.2, 0) is 4.79 Å². The summed E-state index contributed by atoms with van der Waals surface area (Å²) in [6, 6.07) is 18.1. The van der Waals surface area contributed by atoms with E-state index in [1.165, 1.54) is 0 Å². The molecule has 0 aromatic heterocycles. The topological polar surface area (TPSA) is 29.1 Å². The average molecular weight is 302 g/mol. The lowest BCUT2D eigenvalue weighted by atomic mass is 9.85. The summed E-state index contributed by atoms with van der Waals surface area (Å²) >= 11 is 3.51. The Morgan fingerprint density at radius 3 is 2.39 bits per heavy atom. The number of fused-ring (bicyclic) bond motifs is 1. The van der Waals surface area contributed by atoms with Crippen LogP contribution in [0.4, 0.5) is 5.69 Å². The average Bonchev–Trinajstić information content (AvgIpc) is 2.41. The molecule has 3 heteroatoms. The van der Waals surface area contributed by atoms with Crippen LogP contribution in [0.2, 0.25) is 0 Å². The number of halogens is 1. The molecule has 0 spiro atoms. The summed E-state index contributed by atoms with van der Waals surface area (Å²) in [7, 11) is 0. The van der Waals surface area contributed by atoms with E-state index in [1.54, 1.807) is 0 Å². The van der Waals surface area contributed by atoms with Crippen molar-refractivity contribution in [2.45, 2.75) is 10.7 Å². The summed E-state index contributed by atoms with van der Waals surface area (Å²) < 4.78 is 0. The number of rotatable bonds is 1. The third kappa shape index (κ3) is 1.85. The predicted octanol–water partition coefficient (Wildman–Crippen LogP) is 3.53. The SMILES string of the molecule is O=C1Nc2ccccc2C(c2ccccc2)C1Br. The Bertz CT molecular complexity index is 582. The van der Waals surface area contributed by atoms with E-state index in [0.29, 0.717) is 0 Å². The molecule has 90 valence electrons. The van der Waals surface area contributed by atoms with Crippen LogP contribution in [0.5, 0.6) is 0 Å². The highest BCUT2D eigenvalue weighted by molar-refractivity contribution is 9.10. The zero-order chi connectivity index (χ0) is 12.5. The summed E-state index contributed by atoms with van der Waals surface area (Å²) in [6.07, 6.45) is 0. The van der Waals surface area contributed by atoms with Gasteiger partial charge >= 0.3 is 0 Å². The molecule has 0 fully saturated rings. The van der Waals surface area contributed by atoms with Crippen molar-refractivity contribution in [1.82, 2.24) is 0 Å². The third-order valence-electron chi connectivity index (χ3n) is 3.26. The number of alkyl halides is 1. The lowest BCUT2D eigenvalue weighted by Crippen LogP contribution is -2.34. The van der Waals surface area contributed by atoms with Crippen LogP contribution in [0, 0.1) is 0 Å². The highest BCUT2D eigenvalue weighted by atomic mass is 79.9. The number of nitrogens with one attached hydrogen (secondary N) is 1. The Balaban J connectivity index is 2.15. The van der Waals surface area contributed by atoms with Gasteiger partial charge in [-0.3, -0.25) is 4.79 Å². The van der Waals surface area contributed by atoms with Crippen molar-refractivity contribution in [3.05, 3.63) is 65.7 Å². The number of amides is 1. The maximum atomic E-state index is 12.0. The van der Waals surface area contributed by atoms with E-state index < -0.39 is 0 Å². The highest BCUT2D eigenvalue weighted by Gasteiger charge is 2.34. The summed E-state index contributed by atoms with van der Waals surface area (Å²) in [5.74, 6) is 0.0821. The Morgan fingerprint density at radius 1 is 0.944 bits per heavy atom. The lowest BCUT2D eigenvalue weighted by molar-refractivity contribution is -0.116. The molecule has 0 bridgehead atoms. The minimum Gasteiger partial charge on any atom is -0.325 e. The van der Waals surface area contributed by atoms with Gasteiger partial charge in [-0.2, -0.15) is 0 Å². The molecule has 2 atom stereocenters. The van der Waals surface area contributed by atoms with Gasteiger partial charge in [0.05, 0.1) is 0 Å². The molecule has 1 amide bonds. The number of carbonyl (C=O) groups is 1. The van der Waals surface area contributed by atoms with E-state index in [1.807, 2.05) is 36.4 Å². The minimum absolute atomic E-state index is 0.0163. The molecular weight excluding hydrogens is 290 g/mol. The van der Waals surface area contributed by atoms with Gasteiger partial charge in [0.15, 0.2) is 0 Å². The second-order valence-corrected chi connectivity index (χ2v) is 5.35. The Morgan fingerprint density at radius 2 is 1.61 bits per heavy atom. The maximum Gasteiger partial charge on any atom is 0.239 e. The molecule has 1 heterocycles. The molecular formula is C15H12BrNO. The van der Waals surface area contributed by atoms with Crippen molar-refractivity contribution in [3.63, 3.8) is 0 Å². The molecule has 2 aromatic rings. The first kappa shape index (κ1) is 11.5. The highest BCUT2D eigenvalue weighted by Crippen LogP contribution is 2.39. The molecule has 0 saturated carbocycles. The maximum absolute atomic E-state index is 12.0. The van der Waals surface area contributed by atoms with E-state index >= 15 is 0 Å². The van der Waals surface area contributed by atoms with Gasteiger partial charge in [0.1, 0.15) is 4.83 Å². The Hall–Kier alpha value is -1.61. The largest absolute Gasteiger partial charge is 0.325 e. The summed E-state index contributed by atoms with van der Waals surface area (Å²) in [6.45, 7) is 0.